The third-order valence-corrected chi connectivity index (χ3v) is 1.11. The number of rotatable bonds is 1. The Hall–Kier alpha value is 0.0662. The maximum Gasteiger partial charge on any atom is 2.00 e. The van der Waals surface area contributed by atoms with Crippen molar-refractivity contribution < 1.29 is 21.7 Å². The monoisotopic (exact) mass is 225 g/mol. The molecule has 0 amide bonds. The SMILES string of the molecule is COc1ccccc1[NH-].[Br-].[Mg+2]. The number of nitrogens with one attached hydrogen (secondary N) is 1. The van der Waals surface area contributed by atoms with Gasteiger partial charge in [0.2, 0.25) is 0 Å². The Kier molecular flexibility index (Phi) is 8.38. The first-order valence-corrected chi connectivity index (χ1v) is 2.69. The van der Waals surface area contributed by atoms with Gasteiger partial charge >= 0.3 is 23.1 Å². The van der Waals surface area contributed by atoms with Crippen molar-refractivity contribution >= 4 is 28.7 Å². The topological polar surface area (TPSA) is 33.0 Å². The molecule has 0 heterocycles. The third kappa shape index (κ3) is 3.84. The molecule has 0 saturated carbocycles. The van der Waals surface area contributed by atoms with Gasteiger partial charge in [-0.15, -0.1) is 0 Å². The summed E-state index contributed by atoms with van der Waals surface area (Å²) in [6, 6.07) is 7.11. The van der Waals surface area contributed by atoms with Crippen LogP contribution in [0, 0.1) is 0 Å². The molecule has 11 heavy (non-hydrogen) atoms. The molecule has 0 unspecified atom stereocenters. The van der Waals surface area contributed by atoms with Crippen LogP contribution in [-0.4, -0.2) is 30.2 Å². The van der Waals surface area contributed by atoms with Crippen molar-refractivity contribution in [3.8, 4) is 5.75 Å². The number of benzene rings is 1. The molecule has 1 aromatic rings. The van der Waals surface area contributed by atoms with Crippen LogP contribution in [-0.2, 0) is 0 Å². The van der Waals surface area contributed by atoms with Gasteiger partial charge in [-0.25, -0.2) is 0 Å². The van der Waals surface area contributed by atoms with Gasteiger partial charge in [0.1, 0.15) is 5.75 Å². The summed E-state index contributed by atoms with van der Waals surface area (Å²) in [5, 5.41) is 0. The molecule has 0 bridgehead atoms. The van der Waals surface area contributed by atoms with Crippen LogP contribution in [0.25, 0.3) is 5.73 Å². The van der Waals surface area contributed by atoms with Crippen LogP contribution in [0.15, 0.2) is 24.3 Å². The predicted molar refractivity (Wildman–Crippen MR) is 42.7 cm³/mol. The van der Waals surface area contributed by atoms with E-state index in [1.54, 1.807) is 19.2 Å². The van der Waals surface area contributed by atoms with Gasteiger partial charge in [0.25, 0.3) is 0 Å². The van der Waals surface area contributed by atoms with Gasteiger partial charge in [-0.3, -0.25) is 0 Å². The molecule has 2 nitrogen and oxygen atoms in total. The summed E-state index contributed by atoms with van der Waals surface area (Å²) in [6.45, 7) is 0. The van der Waals surface area contributed by atoms with Crippen molar-refractivity contribution in [1.82, 2.24) is 0 Å². The second-order valence-electron chi connectivity index (χ2n) is 1.70. The molecule has 0 spiro atoms. The molecule has 4 heteroatoms. The molecule has 1 aromatic carbocycles. The molecule has 0 aliphatic carbocycles. The van der Waals surface area contributed by atoms with E-state index in [9.17, 15) is 0 Å². The fourth-order valence-corrected chi connectivity index (χ4v) is 0.645. The largest absolute Gasteiger partial charge is 2.00 e. The Bertz CT molecular complexity index is 207. The molecular formula is C7H8BrMgNO. The van der Waals surface area contributed by atoms with Gasteiger partial charge in [0.05, 0.1) is 7.11 Å². The van der Waals surface area contributed by atoms with E-state index in [4.69, 9.17) is 10.5 Å². The summed E-state index contributed by atoms with van der Waals surface area (Å²) in [7, 11) is 1.56. The zero-order valence-electron chi connectivity index (χ0n) is 6.30. The minimum atomic E-state index is 0. The number of hydrogen-bond acceptors (Lipinski definition) is 1. The maximum atomic E-state index is 7.25. The van der Waals surface area contributed by atoms with Crippen molar-refractivity contribution in [2.75, 3.05) is 7.11 Å². The Morgan fingerprint density at radius 1 is 1.27 bits per heavy atom. The zero-order chi connectivity index (χ0) is 6.69. The van der Waals surface area contributed by atoms with E-state index in [2.05, 4.69) is 0 Å². The number of hydrogen-bond donors (Lipinski definition) is 0. The molecule has 0 aliphatic rings. The van der Waals surface area contributed by atoms with Crippen molar-refractivity contribution in [3.63, 3.8) is 0 Å². The van der Waals surface area contributed by atoms with Gasteiger partial charge in [-0.05, 0) is 6.07 Å². The number of ether oxygens (including phenoxy) is 1. The molecule has 1 rings (SSSR count). The molecule has 1 N–H and O–H groups in total. The number of halogens is 1. The zero-order valence-corrected chi connectivity index (χ0v) is 9.30. The van der Waals surface area contributed by atoms with Crippen LogP contribution in [0.5, 0.6) is 5.75 Å². The average Bonchev–Trinajstić information content (AvgIpc) is 1.89. The molecule has 0 aromatic heterocycles. The predicted octanol–water partition coefficient (Wildman–Crippen LogP) is -0.998. The fraction of sp³-hybridized carbons (Fsp3) is 0.143. The smallest absolute Gasteiger partial charge is 1.00 e. The normalized spacial score (nSPS) is 7.36. The van der Waals surface area contributed by atoms with E-state index in [0.717, 1.165) is 0 Å². The first kappa shape index (κ1) is 13.6. The minimum absolute atomic E-state index is 0. The van der Waals surface area contributed by atoms with Crippen molar-refractivity contribution in [3.05, 3.63) is 30.0 Å². The second-order valence-corrected chi connectivity index (χ2v) is 1.70. The van der Waals surface area contributed by atoms with Crippen LogP contribution in [0.3, 0.4) is 0 Å². The van der Waals surface area contributed by atoms with E-state index in [-0.39, 0.29) is 40.0 Å². The fourth-order valence-electron chi connectivity index (χ4n) is 0.645. The van der Waals surface area contributed by atoms with Crippen LogP contribution >= 0.6 is 0 Å². The number of methoxy groups -OCH3 is 1. The Morgan fingerprint density at radius 3 is 2.18 bits per heavy atom. The molecule has 0 saturated heterocycles. The summed E-state index contributed by atoms with van der Waals surface area (Å²) in [5.41, 5.74) is 7.68. The Balaban J connectivity index is 0. The van der Waals surface area contributed by atoms with E-state index in [0.29, 0.717) is 11.4 Å². The average molecular weight is 226 g/mol. The van der Waals surface area contributed by atoms with Gasteiger partial charge in [0.15, 0.2) is 0 Å². The quantitative estimate of drug-likeness (QED) is 0.566. The van der Waals surface area contributed by atoms with E-state index in [1.807, 2.05) is 12.1 Å². The van der Waals surface area contributed by atoms with Crippen molar-refractivity contribution in [1.29, 1.82) is 0 Å². The van der Waals surface area contributed by atoms with Gasteiger partial charge in [-0.2, -0.15) is 0 Å². The molecule has 0 radical (unpaired) electrons. The summed E-state index contributed by atoms with van der Waals surface area (Å²) in [5.74, 6) is 0.623. The Labute approximate surface area is 93.0 Å². The van der Waals surface area contributed by atoms with Gasteiger partial charge in [-0.1, -0.05) is 23.9 Å². The number of para-hydroxylation sites is 1. The van der Waals surface area contributed by atoms with E-state index in [1.165, 1.54) is 0 Å². The second kappa shape index (κ2) is 6.76. The summed E-state index contributed by atoms with van der Waals surface area (Å²) in [6.07, 6.45) is 0. The third-order valence-electron chi connectivity index (χ3n) is 1.11. The molecule has 0 fully saturated rings. The summed E-state index contributed by atoms with van der Waals surface area (Å²) >= 11 is 0. The summed E-state index contributed by atoms with van der Waals surface area (Å²) < 4.78 is 4.86. The van der Waals surface area contributed by atoms with Gasteiger partial charge < -0.3 is 27.5 Å². The molecule has 56 valence electrons. The minimum Gasteiger partial charge on any atom is -1.00 e. The van der Waals surface area contributed by atoms with Crippen molar-refractivity contribution in [2.24, 2.45) is 0 Å². The Morgan fingerprint density at radius 2 is 1.82 bits per heavy atom. The summed E-state index contributed by atoms with van der Waals surface area (Å²) in [4.78, 5) is 0. The maximum absolute atomic E-state index is 7.25. The molecular weight excluding hydrogens is 218 g/mol. The van der Waals surface area contributed by atoms with Crippen LogP contribution in [0.4, 0.5) is 5.69 Å². The first-order chi connectivity index (χ1) is 4.34. The first-order valence-electron chi connectivity index (χ1n) is 2.69. The molecule has 0 atom stereocenters. The van der Waals surface area contributed by atoms with Gasteiger partial charge in [0, 0.05) is 0 Å². The standard InChI is InChI=1S/C7H8NO.BrH.Mg/c1-9-7-5-3-2-4-6(7)8;;/h2-5,8H,1H3;1H;/q-1;;+2/p-1. The van der Waals surface area contributed by atoms with Crippen LogP contribution in [0.1, 0.15) is 0 Å². The van der Waals surface area contributed by atoms with Crippen molar-refractivity contribution in [2.45, 2.75) is 0 Å². The van der Waals surface area contributed by atoms with Crippen LogP contribution < -0.4 is 21.7 Å². The van der Waals surface area contributed by atoms with E-state index < -0.39 is 0 Å². The van der Waals surface area contributed by atoms with Crippen LogP contribution in [0.2, 0.25) is 0 Å². The van der Waals surface area contributed by atoms with E-state index >= 15 is 0 Å². The molecule has 0 aliphatic heterocycles.